The van der Waals surface area contributed by atoms with Crippen LogP contribution in [0.5, 0.6) is 0 Å². The lowest BCUT2D eigenvalue weighted by Gasteiger charge is -2.33. The predicted octanol–water partition coefficient (Wildman–Crippen LogP) is 1.20. The Balaban J connectivity index is 1.56. The van der Waals surface area contributed by atoms with E-state index >= 15 is 0 Å². The first kappa shape index (κ1) is 21.7. The van der Waals surface area contributed by atoms with Crippen molar-refractivity contribution in [3.63, 3.8) is 0 Å². The average Bonchev–Trinajstić information content (AvgIpc) is 2.75. The zero-order chi connectivity index (χ0) is 21.6. The van der Waals surface area contributed by atoms with E-state index in [0.717, 1.165) is 0 Å². The number of aromatic nitrogens is 1. The van der Waals surface area contributed by atoms with Gasteiger partial charge in [0.2, 0.25) is 15.9 Å². The van der Waals surface area contributed by atoms with Gasteiger partial charge in [-0.15, -0.1) is 0 Å². The molecule has 1 aliphatic rings. The monoisotopic (exact) mass is 433 g/mol. The molecule has 30 heavy (non-hydrogen) atoms. The highest BCUT2D eigenvalue weighted by Gasteiger charge is 2.30. The first-order valence-corrected chi connectivity index (χ1v) is 10.7. The van der Waals surface area contributed by atoms with Gasteiger partial charge in [0, 0.05) is 57.1 Å². The van der Waals surface area contributed by atoms with Crippen LogP contribution in [0.3, 0.4) is 0 Å². The van der Waals surface area contributed by atoms with E-state index in [1.54, 1.807) is 35.2 Å². The molecule has 0 saturated carbocycles. The highest BCUT2D eigenvalue weighted by Crippen LogP contribution is 2.18. The molecule has 3 amide bonds. The Morgan fingerprint density at radius 1 is 1.07 bits per heavy atom. The molecule has 0 atom stereocenters. The van der Waals surface area contributed by atoms with Crippen LogP contribution in [0.25, 0.3) is 0 Å². The minimum Gasteiger partial charge on any atom is -0.375 e. The van der Waals surface area contributed by atoms with Gasteiger partial charge in [0.15, 0.2) is 0 Å². The number of methoxy groups -OCH3 is 1. The molecular formula is C19H23N5O5S. The van der Waals surface area contributed by atoms with Crippen molar-refractivity contribution in [2.45, 2.75) is 4.90 Å². The van der Waals surface area contributed by atoms with E-state index in [1.165, 1.54) is 29.9 Å². The van der Waals surface area contributed by atoms with Crippen LogP contribution in [0.15, 0.2) is 53.7 Å². The van der Waals surface area contributed by atoms with Crippen LogP contribution in [-0.4, -0.2) is 74.4 Å². The van der Waals surface area contributed by atoms with Gasteiger partial charge in [0.05, 0.1) is 0 Å². The summed E-state index contributed by atoms with van der Waals surface area (Å²) < 4.78 is 31.4. The van der Waals surface area contributed by atoms with Crippen molar-refractivity contribution >= 4 is 33.3 Å². The number of hydrogen-bond donors (Lipinski definition) is 2. The molecule has 0 radical (unpaired) electrons. The second-order valence-electron chi connectivity index (χ2n) is 6.57. The molecule has 1 aromatic carbocycles. The number of pyridine rings is 1. The summed E-state index contributed by atoms with van der Waals surface area (Å²) in [6.45, 7) is 0.837. The van der Waals surface area contributed by atoms with E-state index in [4.69, 9.17) is 4.74 Å². The third kappa shape index (κ3) is 5.32. The Labute approximate surface area is 174 Å². The number of benzene rings is 1. The van der Waals surface area contributed by atoms with E-state index in [9.17, 15) is 18.0 Å². The molecule has 0 bridgehead atoms. The summed E-state index contributed by atoms with van der Waals surface area (Å²) in [5.74, 6) is -0.299. The van der Waals surface area contributed by atoms with Gasteiger partial charge in [-0.2, -0.15) is 4.31 Å². The lowest BCUT2D eigenvalue weighted by Crippen LogP contribution is -2.51. The van der Waals surface area contributed by atoms with Gasteiger partial charge >= 0.3 is 6.03 Å². The number of anilines is 2. The number of carbonyl (C=O) groups excluding carboxylic acids is 2. The number of piperazine rings is 1. The molecule has 11 heteroatoms. The van der Waals surface area contributed by atoms with Gasteiger partial charge in [-0.25, -0.2) is 13.2 Å². The maximum Gasteiger partial charge on any atom is 0.321 e. The van der Waals surface area contributed by atoms with Gasteiger partial charge in [0.1, 0.15) is 11.5 Å². The summed E-state index contributed by atoms with van der Waals surface area (Å²) in [7, 11) is -2.20. The first-order valence-electron chi connectivity index (χ1n) is 9.25. The summed E-state index contributed by atoms with van der Waals surface area (Å²) in [6, 6.07) is 9.47. The molecular weight excluding hydrogens is 410 g/mol. The molecule has 0 aliphatic carbocycles. The van der Waals surface area contributed by atoms with E-state index in [0.29, 0.717) is 11.4 Å². The topological polar surface area (TPSA) is 121 Å². The van der Waals surface area contributed by atoms with Gasteiger partial charge < -0.3 is 20.3 Å². The van der Waals surface area contributed by atoms with Crippen LogP contribution in [0.4, 0.5) is 16.2 Å². The lowest BCUT2D eigenvalue weighted by molar-refractivity contribution is -0.119. The molecule has 10 nitrogen and oxygen atoms in total. The minimum atomic E-state index is -3.63. The van der Waals surface area contributed by atoms with Crippen LogP contribution in [0.2, 0.25) is 0 Å². The van der Waals surface area contributed by atoms with Crippen molar-refractivity contribution in [3.8, 4) is 0 Å². The Hall–Kier alpha value is -3.02. The molecule has 1 saturated heterocycles. The predicted molar refractivity (Wildman–Crippen MR) is 111 cm³/mol. The fourth-order valence-corrected chi connectivity index (χ4v) is 4.37. The third-order valence-corrected chi connectivity index (χ3v) is 6.35. The van der Waals surface area contributed by atoms with Crippen LogP contribution in [0.1, 0.15) is 0 Å². The van der Waals surface area contributed by atoms with Crippen LogP contribution < -0.4 is 10.6 Å². The fourth-order valence-electron chi connectivity index (χ4n) is 2.99. The van der Waals surface area contributed by atoms with Crippen molar-refractivity contribution < 1.29 is 22.7 Å². The van der Waals surface area contributed by atoms with E-state index in [2.05, 4.69) is 15.6 Å². The normalized spacial score (nSPS) is 14.9. The average molecular weight is 433 g/mol. The first-order chi connectivity index (χ1) is 14.4. The van der Waals surface area contributed by atoms with Crippen molar-refractivity contribution in [2.24, 2.45) is 0 Å². The lowest BCUT2D eigenvalue weighted by atomic mass is 10.2. The highest BCUT2D eigenvalue weighted by molar-refractivity contribution is 7.89. The minimum absolute atomic E-state index is 0.0667. The van der Waals surface area contributed by atoms with E-state index in [1.807, 2.05) is 0 Å². The Kier molecular flexibility index (Phi) is 6.98. The molecule has 0 spiro atoms. The summed E-state index contributed by atoms with van der Waals surface area (Å²) in [5, 5.41) is 5.44. The van der Waals surface area contributed by atoms with Crippen LogP contribution >= 0.6 is 0 Å². The molecule has 1 fully saturated rings. The smallest absolute Gasteiger partial charge is 0.321 e. The Morgan fingerprint density at radius 2 is 1.77 bits per heavy atom. The number of ether oxygens (including phenoxy) is 1. The van der Waals surface area contributed by atoms with Crippen molar-refractivity contribution in [1.29, 1.82) is 0 Å². The van der Waals surface area contributed by atoms with Crippen LogP contribution in [-0.2, 0) is 19.6 Å². The zero-order valence-corrected chi connectivity index (χ0v) is 17.3. The van der Waals surface area contributed by atoms with Gasteiger partial charge in [0.25, 0.3) is 0 Å². The second-order valence-corrected chi connectivity index (χ2v) is 8.51. The Bertz CT molecular complexity index is 991. The number of hydrogen-bond acceptors (Lipinski definition) is 6. The van der Waals surface area contributed by atoms with Gasteiger partial charge in [-0.1, -0.05) is 6.07 Å². The maximum atomic E-state index is 12.7. The van der Waals surface area contributed by atoms with Crippen molar-refractivity contribution in [1.82, 2.24) is 14.2 Å². The SMILES string of the molecule is COCC(=O)Nc1cccc(NC(=O)N2CCN(S(=O)(=O)c3cccnc3)CC2)c1. The molecule has 160 valence electrons. The third-order valence-electron chi connectivity index (χ3n) is 4.47. The second kappa shape index (κ2) is 9.65. The number of rotatable bonds is 6. The highest BCUT2D eigenvalue weighted by atomic mass is 32.2. The van der Waals surface area contributed by atoms with E-state index in [-0.39, 0.29) is 49.6 Å². The molecule has 1 aliphatic heterocycles. The van der Waals surface area contributed by atoms with Crippen LogP contribution in [0, 0.1) is 0 Å². The van der Waals surface area contributed by atoms with Gasteiger partial charge in [-0.3, -0.25) is 9.78 Å². The summed E-state index contributed by atoms with van der Waals surface area (Å²) >= 11 is 0. The zero-order valence-electron chi connectivity index (χ0n) is 16.4. The number of nitrogens with one attached hydrogen (secondary N) is 2. The summed E-state index contributed by atoms with van der Waals surface area (Å²) in [4.78, 5) is 29.7. The summed E-state index contributed by atoms with van der Waals surface area (Å²) in [5.41, 5.74) is 1.04. The van der Waals surface area contributed by atoms with E-state index < -0.39 is 10.0 Å². The fraction of sp³-hybridized carbons (Fsp3) is 0.316. The molecule has 1 aromatic heterocycles. The van der Waals surface area contributed by atoms with Gasteiger partial charge in [-0.05, 0) is 30.3 Å². The standard InChI is InChI=1S/C19H23N5O5S/c1-29-14-18(25)21-15-4-2-5-16(12-15)22-19(26)23-8-10-24(11-9-23)30(27,28)17-6-3-7-20-13-17/h2-7,12-13H,8-11,14H2,1H3,(H,21,25)(H,22,26). The number of nitrogens with zero attached hydrogens (tertiary/aromatic N) is 3. The Morgan fingerprint density at radius 3 is 2.40 bits per heavy atom. The number of amides is 3. The number of urea groups is 1. The molecule has 2 aromatic rings. The summed E-state index contributed by atoms with van der Waals surface area (Å²) in [6.07, 6.45) is 2.83. The molecule has 2 N–H and O–H groups in total. The molecule has 0 unspecified atom stereocenters. The number of sulfonamides is 1. The van der Waals surface area contributed by atoms with Crippen molar-refractivity contribution in [2.75, 3.05) is 50.5 Å². The quantitative estimate of drug-likeness (QED) is 0.706. The molecule has 3 rings (SSSR count). The maximum absolute atomic E-state index is 12.7. The largest absolute Gasteiger partial charge is 0.375 e. The molecule has 2 heterocycles. The number of carbonyl (C=O) groups is 2. The van der Waals surface area contributed by atoms with Crippen molar-refractivity contribution in [3.05, 3.63) is 48.8 Å².